The van der Waals surface area contributed by atoms with Crippen LogP contribution in [0, 0.1) is 5.82 Å². The normalized spacial score (nSPS) is 17.5. The van der Waals surface area contributed by atoms with Crippen molar-refractivity contribution in [3.63, 3.8) is 0 Å². The number of pyridine rings is 2. The third-order valence-electron chi connectivity index (χ3n) is 5.91. The molecule has 2 unspecified atom stereocenters. The van der Waals surface area contributed by atoms with Crippen molar-refractivity contribution in [2.75, 3.05) is 29.0 Å². The smallest absolute Gasteiger partial charge is 0.276 e. The first-order valence-corrected chi connectivity index (χ1v) is 11.9. The summed E-state index contributed by atoms with van der Waals surface area (Å²) in [6.07, 6.45) is 2.96. The Hall–Kier alpha value is -4.09. The zero-order chi connectivity index (χ0) is 26.7. The first kappa shape index (κ1) is 26.0. The average molecular weight is 508 g/mol. The van der Waals surface area contributed by atoms with Crippen molar-refractivity contribution in [3.8, 4) is 11.3 Å². The number of aromatic nitrogens is 2. The molecular formula is C26H30FN7O3. The quantitative estimate of drug-likeness (QED) is 0.339. The molecule has 2 amide bonds. The Labute approximate surface area is 213 Å². The van der Waals surface area contributed by atoms with E-state index in [1.54, 1.807) is 12.3 Å². The predicted octanol–water partition coefficient (Wildman–Crippen LogP) is 2.15. The molecule has 0 bridgehead atoms. The monoisotopic (exact) mass is 507 g/mol. The highest BCUT2D eigenvalue weighted by Crippen LogP contribution is 2.29. The molecule has 1 aliphatic heterocycles. The summed E-state index contributed by atoms with van der Waals surface area (Å²) in [6.45, 7) is 4.50. The van der Waals surface area contributed by atoms with Crippen molar-refractivity contribution in [1.29, 1.82) is 0 Å². The van der Waals surface area contributed by atoms with Crippen molar-refractivity contribution in [2.24, 2.45) is 5.73 Å². The van der Waals surface area contributed by atoms with E-state index < -0.39 is 17.8 Å². The van der Waals surface area contributed by atoms with Crippen LogP contribution >= 0.6 is 0 Å². The number of aliphatic hydroxyl groups is 1. The molecule has 0 saturated carbocycles. The molecule has 1 fully saturated rings. The number of carbonyl (C=O) groups is 2. The number of nitrogens with zero attached hydrogens (tertiary/aromatic N) is 3. The highest BCUT2D eigenvalue weighted by atomic mass is 19.1. The average Bonchev–Trinajstić information content (AvgIpc) is 2.84. The number of amides is 2. The van der Waals surface area contributed by atoms with Gasteiger partial charge in [0, 0.05) is 42.5 Å². The van der Waals surface area contributed by atoms with Gasteiger partial charge in [-0.2, -0.15) is 0 Å². The number of halogens is 1. The van der Waals surface area contributed by atoms with E-state index in [-0.39, 0.29) is 46.2 Å². The Bertz CT molecular complexity index is 1310. The molecule has 10 nitrogen and oxygen atoms in total. The number of hydrogen-bond acceptors (Lipinski definition) is 8. The molecule has 1 saturated heterocycles. The van der Waals surface area contributed by atoms with Crippen LogP contribution in [0.15, 0.2) is 48.8 Å². The minimum atomic E-state index is -0.621. The van der Waals surface area contributed by atoms with Crippen molar-refractivity contribution < 1.29 is 19.1 Å². The van der Waals surface area contributed by atoms with Gasteiger partial charge in [0.2, 0.25) is 0 Å². The maximum Gasteiger partial charge on any atom is 0.276 e. The lowest BCUT2D eigenvalue weighted by Crippen LogP contribution is -2.49. The van der Waals surface area contributed by atoms with Crippen molar-refractivity contribution in [3.05, 3.63) is 65.9 Å². The van der Waals surface area contributed by atoms with E-state index in [9.17, 15) is 19.1 Å². The standard InChI is InChI=1S/C26H30FN7O3/c1-14(2)31-25(36)15-3-4-19(27)18(9-15)21-6-5-20(29)24(32-21)26(37)33-22-11-30-8-7-23(22)34-12-16(28)10-17(35)13-34/h3-9,11,14,16-17,35H,10,12-13,28-29H2,1-2H3,(H,31,36)(H,33,37). The summed E-state index contributed by atoms with van der Waals surface area (Å²) in [5.74, 6) is -1.57. The second-order valence-electron chi connectivity index (χ2n) is 9.36. The number of β-amino-alcohol motifs (C(OH)–C–C–N with tert-alkyl or cyclic N) is 1. The SMILES string of the molecule is CC(C)NC(=O)c1ccc(F)c(-c2ccc(N)c(C(=O)Nc3cnccc3N3CC(N)CC(O)C3)n2)c1. The second-order valence-corrected chi connectivity index (χ2v) is 9.36. The molecule has 37 heavy (non-hydrogen) atoms. The fourth-order valence-electron chi connectivity index (χ4n) is 4.26. The molecule has 0 aliphatic carbocycles. The minimum Gasteiger partial charge on any atom is -0.397 e. The van der Waals surface area contributed by atoms with Crippen LogP contribution in [-0.4, -0.2) is 58.2 Å². The summed E-state index contributed by atoms with van der Waals surface area (Å²) in [5.41, 5.74) is 13.6. The maximum atomic E-state index is 14.7. The van der Waals surface area contributed by atoms with Crippen LogP contribution in [0.1, 0.15) is 41.1 Å². The molecule has 1 aromatic carbocycles. The maximum absolute atomic E-state index is 14.7. The van der Waals surface area contributed by atoms with Gasteiger partial charge in [-0.05, 0) is 56.7 Å². The van der Waals surface area contributed by atoms with Gasteiger partial charge >= 0.3 is 0 Å². The number of benzene rings is 1. The van der Waals surface area contributed by atoms with Crippen LogP contribution in [-0.2, 0) is 0 Å². The summed E-state index contributed by atoms with van der Waals surface area (Å²) in [5, 5.41) is 15.7. The Morgan fingerprint density at radius 3 is 2.68 bits per heavy atom. The van der Waals surface area contributed by atoms with E-state index in [0.717, 1.165) is 0 Å². The number of hydrogen-bond donors (Lipinski definition) is 5. The van der Waals surface area contributed by atoms with Gasteiger partial charge < -0.3 is 32.1 Å². The van der Waals surface area contributed by atoms with E-state index in [2.05, 4.69) is 20.6 Å². The van der Waals surface area contributed by atoms with Crippen LogP contribution in [0.2, 0.25) is 0 Å². The largest absolute Gasteiger partial charge is 0.397 e. The molecule has 2 atom stereocenters. The van der Waals surface area contributed by atoms with Crippen LogP contribution in [0.3, 0.4) is 0 Å². The molecule has 194 valence electrons. The molecule has 1 aliphatic rings. The summed E-state index contributed by atoms with van der Waals surface area (Å²) in [7, 11) is 0. The Morgan fingerprint density at radius 2 is 1.95 bits per heavy atom. The van der Waals surface area contributed by atoms with E-state index >= 15 is 0 Å². The molecule has 2 aromatic heterocycles. The molecule has 0 spiro atoms. The van der Waals surface area contributed by atoms with Gasteiger partial charge in [-0.3, -0.25) is 14.6 Å². The molecule has 4 rings (SSSR count). The molecule has 0 radical (unpaired) electrons. The van der Waals surface area contributed by atoms with Gasteiger partial charge in [-0.15, -0.1) is 0 Å². The van der Waals surface area contributed by atoms with E-state index in [0.29, 0.717) is 30.9 Å². The zero-order valence-corrected chi connectivity index (χ0v) is 20.6. The van der Waals surface area contributed by atoms with Gasteiger partial charge in [0.05, 0.1) is 35.1 Å². The summed E-state index contributed by atoms with van der Waals surface area (Å²) in [6, 6.07) is 8.31. The first-order chi connectivity index (χ1) is 17.6. The van der Waals surface area contributed by atoms with Gasteiger partial charge in [0.15, 0.2) is 5.69 Å². The number of aliphatic hydroxyl groups excluding tert-OH is 1. The number of rotatable bonds is 6. The van der Waals surface area contributed by atoms with Crippen molar-refractivity contribution >= 4 is 28.9 Å². The van der Waals surface area contributed by atoms with Gasteiger partial charge in [-0.1, -0.05) is 0 Å². The lowest BCUT2D eigenvalue weighted by atomic mass is 10.0. The summed E-state index contributed by atoms with van der Waals surface area (Å²) in [4.78, 5) is 35.9. The lowest BCUT2D eigenvalue weighted by molar-refractivity contribution is 0.0942. The van der Waals surface area contributed by atoms with Crippen LogP contribution in [0.5, 0.6) is 0 Å². The Balaban J connectivity index is 1.63. The third kappa shape index (κ3) is 6.01. The molecular weight excluding hydrogens is 477 g/mol. The van der Waals surface area contributed by atoms with Crippen LogP contribution < -0.4 is 27.0 Å². The van der Waals surface area contributed by atoms with Crippen molar-refractivity contribution in [1.82, 2.24) is 15.3 Å². The van der Waals surface area contributed by atoms with Crippen molar-refractivity contribution in [2.45, 2.75) is 38.5 Å². The molecule has 11 heteroatoms. The number of nitrogen functional groups attached to an aromatic ring is 1. The topological polar surface area (TPSA) is 159 Å². The lowest BCUT2D eigenvalue weighted by Gasteiger charge is -2.36. The van der Waals surface area contributed by atoms with Gasteiger partial charge in [0.25, 0.3) is 11.8 Å². The first-order valence-electron chi connectivity index (χ1n) is 11.9. The molecule has 3 aromatic rings. The van der Waals surface area contributed by atoms with E-state index in [4.69, 9.17) is 11.5 Å². The fourth-order valence-corrected chi connectivity index (χ4v) is 4.26. The highest BCUT2D eigenvalue weighted by Gasteiger charge is 2.26. The summed E-state index contributed by atoms with van der Waals surface area (Å²) >= 11 is 0. The fraction of sp³-hybridized carbons (Fsp3) is 0.308. The van der Waals surface area contributed by atoms with Crippen LogP contribution in [0.25, 0.3) is 11.3 Å². The van der Waals surface area contributed by atoms with Crippen LogP contribution in [0.4, 0.5) is 21.5 Å². The number of nitrogens with two attached hydrogens (primary N) is 2. The number of nitrogens with one attached hydrogen (secondary N) is 2. The van der Waals surface area contributed by atoms with Gasteiger partial charge in [-0.25, -0.2) is 9.37 Å². The zero-order valence-electron chi connectivity index (χ0n) is 20.6. The minimum absolute atomic E-state index is 0.0591. The van der Waals surface area contributed by atoms with E-state index in [1.807, 2.05) is 18.7 Å². The Kier molecular flexibility index (Phi) is 7.65. The van der Waals surface area contributed by atoms with Gasteiger partial charge in [0.1, 0.15) is 5.82 Å². The highest BCUT2D eigenvalue weighted by molar-refractivity contribution is 6.08. The number of carbonyl (C=O) groups excluding carboxylic acids is 2. The van der Waals surface area contributed by atoms with E-state index in [1.165, 1.54) is 36.5 Å². The number of piperidine rings is 1. The predicted molar refractivity (Wildman–Crippen MR) is 140 cm³/mol. The summed E-state index contributed by atoms with van der Waals surface area (Å²) < 4.78 is 14.7. The molecule has 7 N–H and O–H groups in total. The molecule has 3 heterocycles. The third-order valence-corrected chi connectivity index (χ3v) is 5.91. The second kappa shape index (κ2) is 10.9. The number of anilines is 3. The Morgan fingerprint density at radius 1 is 1.16 bits per heavy atom.